The molecule has 136 valence electrons. The van der Waals surface area contributed by atoms with Crippen LogP contribution in [0.3, 0.4) is 0 Å². The van der Waals surface area contributed by atoms with Gasteiger partial charge in [-0.2, -0.15) is 23.5 Å². The molecule has 0 spiro atoms. The van der Waals surface area contributed by atoms with Gasteiger partial charge in [0.2, 0.25) is 5.91 Å². The topological polar surface area (TPSA) is 58.4 Å². The molecule has 1 heterocycles. The Morgan fingerprint density at radius 1 is 1.33 bits per heavy atom. The molecule has 2 rings (SSSR count). The third-order valence-electron chi connectivity index (χ3n) is 4.01. The molecule has 1 aliphatic heterocycles. The highest BCUT2D eigenvalue weighted by atomic mass is 35.5. The van der Waals surface area contributed by atoms with E-state index in [1.807, 2.05) is 30.2 Å². The number of halogens is 1. The van der Waals surface area contributed by atoms with Crippen LogP contribution in [0.1, 0.15) is 12.0 Å². The number of rotatable bonds is 8. The van der Waals surface area contributed by atoms with Crippen LogP contribution in [0.4, 0.5) is 5.69 Å². The third-order valence-corrected chi connectivity index (χ3v) is 5.60. The molecule has 0 bridgehead atoms. The van der Waals surface area contributed by atoms with Gasteiger partial charge in [0.1, 0.15) is 0 Å². The Hall–Kier alpha value is -0.400. The molecule has 1 aromatic rings. The summed E-state index contributed by atoms with van der Waals surface area (Å²) in [5.41, 5.74) is 8.02. The summed E-state index contributed by atoms with van der Waals surface area (Å²) in [6.07, 6.45) is 3.79. The van der Waals surface area contributed by atoms with Gasteiger partial charge in [-0.25, -0.2) is 0 Å². The fourth-order valence-corrected chi connectivity index (χ4v) is 3.95. The van der Waals surface area contributed by atoms with Crippen LogP contribution in [0, 0.1) is 0 Å². The van der Waals surface area contributed by atoms with E-state index in [4.69, 9.17) is 5.73 Å². The van der Waals surface area contributed by atoms with Crippen LogP contribution >= 0.6 is 35.9 Å². The molecule has 1 atom stereocenters. The highest BCUT2D eigenvalue weighted by molar-refractivity contribution is 7.99. The van der Waals surface area contributed by atoms with Gasteiger partial charge in [-0.05, 0) is 42.5 Å². The number of nitrogens with one attached hydrogen (secondary N) is 1. The van der Waals surface area contributed by atoms with E-state index in [0.29, 0.717) is 6.42 Å². The zero-order valence-electron chi connectivity index (χ0n) is 14.2. The molecule has 1 amide bonds. The summed E-state index contributed by atoms with van der Waals surface area (Å²) < 4.78 is 0. The Balaban J connectivity index is 0.00000288. The molecular formula is C17H28ClN3OS2. The number of hydrogen-bond acceptors (Lipinski definition) is 5. The summed E-state index contributed by atoms with van der Waals surface area (Å²) in [7, 11) is 0. The second-order valence-electron chi connectivity index (χ2n) is 5.78. The van der Waals surface area contributed by atoms with Gasteiger partial charge in [-0.15, -0.1) is 12.4 Å². The number of anilines is 1. The van der Waals surface area contributed by atoms with E-state index in [-0.39, 0.29) is 18.3 Å². The van der Waals surface area contributed by atoms with Crippen molar-refractivity contribution in [2.45, 2.75) is 18.9 Å². The van der Waals surface area contributed by atoms with Gasteiger partial charge in [0.25, 0.3) is 0 Å². The average Bonchev–Trinajstić information content (AvgIpc) is 2.60. The zero-order chi connectivity index (χ0) is 16.5. The van der Waals surface area contributed by atoms with Crippen LogP contribution in [-0.4, -0.2) is 60.0 Å². The van der Waals surface area contributed by atoms with Crippen molar-refractivity contribution in [2.24, 2.45) is 5.73 Å². The highest BCUT2D eigenvalue weighted by Crippen LogP contribution is 2.13. The van der Waals surface area contributed by atoms with Crippen molar-refractivity contribution in [3.63, 3.8) is 0 Å². The quantitative estimate of drug-likeness (QED) is 0.715. The summed E-state index contributed by atoms with van der Waals surface area (Å²) in [6, 6.07) is 7.71. The number of carbonyl (C=O) groups is 1. The van der Waals surface area contributed by atoms with Crippen LogP contribution in [0.2, 0.25) is 0 Å². The van der Waals surface area contributed by atoms with Gasteiger partial charge in [0.05, 0.1) is 6.04 Å². The van der Waals surface area contributed by atoms with E-state index in [1.54, 1.807) is 11.8 Å². The van der Waals surface area contributed by atoms with Crippen LogP contribution in [0.25, 0.3) is 0 Å². The molecule has 1 aromatic carbocycles. The van der Waals surface area contributed by atoms with Gasteiger partial charge in [-0.3, -0.25) is 4.79 Å². The van der Waals surface area contributed by atoms with Gasteiger partial charge in [0, 0.05) is 36.8 Å². The maximum Gasteiger partial charge on any atom is 0.241 e. The summed E-state index contributed by atoms with van der Waals surface area (Å²) >= 11 is 3.75. The molecule has 3 N–H and O–H groups in total. The summed E-state index contributed by atoms with van der Waals surface area (Å²) in [6.45, 7) is 3.52. The fourth-order valence-electron chi connectivity index (χ4n) is 2.48. The van der Waals surface area contributed by atoms with E-state index in [0.717, 1.165) is 24.4 Å². The predicted molar refractivity (Wildman–Crippen MR) is 111 cm³/mol. The van der Waals surface area contributed by atoms with Crippen molar-refractivity contribution >= 4 is 47.5 Å². The highest BCUT2D eigenvalue weighted by Gasteiger charge is 2.13. The number of nitrogens with zero attached hydrogens (tertiary/aromatic N) is 1. The van der Waals surface area contributed by atoms with Crippen LogP contribution in [-0.2, 0) is 11.2 Å². The molecule has 1 fully saturated rings. The first-order valence-corrected chi connectivity index (χ1v) is 10.7. The number of benzene rings is 1. The fraction of sp³-hybridized carbons (Fsp3) is 0.588. The Morgan fingerprint density at radius 2 is 2.00 bits per heavy atom. The predicted octanol–water partition coefficient (Wildman–Crippen LogP) is 2.72. The Bertz CT molecular complexity index is 481. The van der Waals surface area contributed by atoms with Crippen LogP contribution < -0.4 is 11.1 Å². The summed E-state index contributed by atoms with van der Waals surface area (Å²) in [5.74, 6) is 3.31. The van der Waals surface area contributed by atoms with E-state index < -0.39 is 6.04 Å². The van der Waals surface area contributed by atoms with Crippen molar-refractivity contribution in [2.75, 3.05) is 48.5 Å². The molecule has 0 aromatic heterocycles. The second-order valence-corrected chi connectivity index (χ2v) is 7.99. The molecule has 1 aliphatic rings. The van der Waals surface area contributed by atoms with Crippen molar-refractivity contribution in [1.82, 2.24) is 4.90 Å². The minimum absolute atomic E-state index is 0. The zero-order valence-corrected chi connectivity index (χ0v) is 16.7. The van der Waals surface area contributed by atoms with Crippen LogP contribution in [0.15, 0.2) is 24.3 Å². The van der Waals surface area contributed by atoms with E-state index >= 15 is 0 Å². The molecule has 0 saturated carbocycles. The first kappa shape index (κ1) is 21.6. The molecule has 24 heavy (non-hydrogen) atoms. The largest absolute Gasteiger partial charge is 0.325 e. The minimum atomic E-state index is -0.431. The molecule has 0 aliphatic carbocycles. The average molecular weight is 390 g/mol. The third kappa shape index (κ3) is 7.66. The molecule has 7 heteroatoms. The molecule has 0 radical (unpaired) electrons. The first-order valence-electron chi connectivity index (χ1n) is 8.13. The first-order chi connectivity index (χ1) is 11.2. The summed E-state index contributed by atoms with van der Waals surface area (Å²) in [5, 5.41) is 2.90. The van der Waals surface area contributed by atoms with Crippen molar-refractivity contribution in [3.8, 4) is 0 Å². The number of amides is 1. The molecule has 4 nitrogen and oxygen atoms in total. The SMILES string of the molecule is CSCC[C@H](N)C(=O)Nc1ccc(CCN2CCSCC2)cc1.Cl. The van der Waals surface area contributed by atoms with E-state index in [2.05, 4.69) is 22.3 Å². The van der Waals surface area contributed by atoms with Crippen molar-refractivity contribution < 1.29 is 4.79 Å². The number of hydrogen-bond donors (Lipinski definition) is 2. The van der Waals surface area contributed by atoms with Crippen molar-refractivity contribution in [1.29, 1.82) is 0 Å². The standard InChI is InChI=1S/C17H27N3OS2.ClH/c1-22-11-7-16(18)17(21)19-15-4-2-14(3-5-15)6-8-20-9-12-23-13-10-20;/h2-5,16H,6-13,18H2,1H3,(H,19,21);1H/t16-;/m0./s1. The lowest BCUT2D eigenvalue weighted by atomic mass is 10.1. The van der Waals surface area contributed by atoms with Gasteiger partial charge in [0.15, 0.2) is 0 Å². The lowest BCUT2D eigenvalue weighted by Crippen LogP contribution is -2.36. The van der Waals surface area contributed by atoms with E-state index in [1.165, 1.54) is 30.2 Å². The molecular weight excluding hydrogens is 362 g/mol. The number of carbonyl (C=O) groups excluding carboxylic acids is 1. The normalized spacial score (nSPS) is 16.2. The minimum Gasteiger partial charge on any atom is -0.325 e. The lowest BCUT2D eigenvalue weighted by Gasteiger charge is -2.26. The van der Waals surface area contributed by atoms with Crippen LogP contribution in [0.5, 0.6) is 0 Å². The smallest absolute Gasteiger partial charge is 0.241 e. The maximum atomic E-state index is 12.0. The Morgan fingerprint density at radius 3 is 2.62 bits per heavy atom. The van der Waals surface area contributed by atoms with Gasteiger partial charge < -0.3 is 16.0 Å². The molecule has 1 saturated heterocycles. The Kier molecular flexibility index (Phi) is 10.9. The molecule has 0 unspecified atom stereocenters. The van der Waals surface area contributed by atoms with Gasteiger partial charge in [-0.1, -0.05) is 12.1 Å². The van der Waals surface area contributed by atoms with Gasteiger partial charge >= 0.3 is 0 Å². The van der Waals surface area contributed by atoms with Crippen molar-refractivity contribution in [3.05, 3.63) is 29.8 Å². The Labute approximate surface area is 160 Å². The monoisotopic (exact) mass is 389 g/mol. The maximum absolute atomic E-state index is 12.0. The summed E-state index contributed by atoms with van der Waals surface area (Å²) in [4.78, 5) is 14.5. The second kappa shape index (κ2) is 12.0. The number of thioether (sulfide) groups is 2. The van der Waals surface area contributed by atoms with E-state index in [9.17, 15) is 4.79 Å². The number of nitrogens with two attached hydrogens (primary N) is 1. The lowest BCUT2D eigenvalue weighted by molar-refractivity contribution is -0.117.